The van der Waals surface area contributed by atoms with E-state index in [1.54, 1.807) is 6.92 Å². The van der Waals surface area contributed by atoms with Gasteiger partial charge < -0.3 is 15.7 Å². The highest BCUT2D eigenvalue weighted by atomic mass is 16.3. The van der Waals surface area contributed by atoms with Crippen molar-refractivity contribution in [1.29, 1.82) is 0 Å². The second kappa shape index (κ2) is 6.40. The number of hydrogen-bond donors (Lipinski definition) is 3. The summed E-state index contributed by atoms with van der Waals surface area (Å²) in [5.74, 6) is -0.319. The predicted octanol–water partition coefficient (Wildman–Crippen LogP) is -0.210. The third-order valence-electron chi connectivity index (χ3n) is 2.15. The van der Waals surface area contributed by atoms with Crippen molar-refractivity contribution in [2.24, 2.45) is 0 Å². The van der Waals surface area contributed by atoms with Crippen molar-refractivity contribution in [2.75, 3.05) is 13.1 Å². The fourth-order valence-electron chi connectivity index (χ4n) is 0.854. The molecule has 0 spiro atoms. The Bertz CT molecular complexity index is 227. The Hall–Kier alpha value is -1.10. The SMILES string of the molecule is CCC(C)(O)CNC(=O)CCNC(C)=O. The quantitative estimate of drug-likeness (QED) is 0.575. The van der Waals surface area contributed by atoms with Gasteiger partial charge in [0.1, 0.15) is 0 Å². The Labute approximate surface area is 90.2 Å². The lowest BCUT2D eigenvalue weighted by Gasteiger charge is -2.21. The van der Waals surface area contributed by atoms with Crippen LogP contribution in [0.3, 0.4) is 0 Å². The molecule has 0 aromatic heterocycles. The van der Waals surface area contributed by atoms with Gasteiger partial charge in [0.25, 0.3) is 0 Å². The van der Waals surface area contributed by atoms with Gasteiger partial charge in [-0.15, -0.1) is 0 Å². The molecular formula is C10H20N2O3. The molecule has 0 aliphatic carbocycles. The van der Waals surface area contributed by atoms with Gasteiger partial charge in [-0.2, -0.15) is 0 Å². The van der Waals surface area contributed by atoms with Crippen LogP contribution in [0.2, 0.25) is 0 Å². The summed E-state index contributed by atoms with van der Waals surface area (Å²) in [4.78, 5) is 21.7. The van der Waals surface area contributed by atoms with Crippen molar-refractivity contribution in [2.45, 2.75) is 39.2 Å². The van der Waals surface area contributed by atoms with Crippen LogP contribution in [-0.4, -0.2) is 35.6 Å². The molecule has 88 valence electrons. The topological polar surface area (TPSA) is 78.4 Å². The van der Waals surface area contributed by atoms with Crippen LogP contribution in [0.5, 0.6) is 0 Å². The summed E-state index contributed by atoms with van der Waals surface area (Å²) in [7, 11) is 0. The highest BCUT2D eigenvalue weighted by Gasteiger charge is 2.17. The number of nitrogens with one attached hydrogen (secondary N) is 2. The van der Waals surface area contributed by atoms with E-state index >= 15 is 0 Å². The molecule has 0 aliphatic heterocycles. The monoisotopic (exact) mass is 216 g/mol. The van der Waals surface area contributed by atoms with E-state index in [1.807, 2.05) is 6.92 Å². The van der Waals surface area contributed by atoms with Gasteiger partial charge in [-0.1, -0.05) is 6.92 Å². The number of hydrogen-bond acceptors (Lipinski definition) is 3. The Morgan fingerprint density at radius 2 is 1.93 bits per heavy atom. The van der Waals surface area contributed by atoms with E-state index in [-0.39, 0.29) is 24.8 Å². The molecule has 5 heteroatoms. The lowest BCUT2D eigenvalue weighted by Crippen LogP contribution is -2.40. The third kappa shape index (κ3) is 7.93. The molecule has 3 N–H and O–H groups in total. The lowest BCUT2D eigenvalue weighted by molar-refractivity contribution is -0.122. The van der Waals surface area contributed by atoms with Gasteiger partial charge in [-0.3, -0.25) is 9.59 Å². The van der Waals surface area contributed by atoms with Gasteiger partial charge in [-0.25, -0.2) is 0 Å². The molecule has 0 fully saturated rings. The average molecular weight is 216 g/mol. The van der Waals surface area contributed by atoms with E-state index in [1.165, 1.54) is 6.92 Å². The number of rotatable bonds is 6. The van der Waals surface area contributed by atoms with Crippen molar-refractivity contribution >= 4 is 11.8 Å². The maximum Gasteiger partial charge on any atom is 0.221 e. The van der Waals surface area contributed by atoms with E-state index in [9.17, 15) is 14.7 Å². The highest BCUT2D eigenvalue weighted by molar-refractivity contribution is 5.77. The number of amides is 2. The van der Waals surface area contributed by atoms with Gasteiger partial charge in [0, 0.05) is 26.4 Å². The van der Waals surface area contributed by atoms with Crippen molar-refractivity contribution in [3.63, 3.8) is 0 Å². The molecule has 0 radical (unpaired) electrons. The molecule has 0 saturated carbocycles. The van der Waals surface area contributed by atoms with Crippen LogP contribution in [0.1, 0.15) is 33.6 Å². The molecule has 0 saturated heterocycles. The molecule has 0 bridgehead atoms. The molecular weight excluding hydrogens is 196 g/mol. The van der Waals surface area contributed by atoms with Crippen LogP contribution >= 0.6 is 0 Å². The van der Waals surface area contributed by atoms with E-state index in [0.717, 1.165) is 0 Å². The zero-order valence-electron chi connectivity index (χ0n) is 9.59. The molecule has 5 nitrogen and oxygen atoms in total. The second-order valence-electron chi connectivity index (χ2n) is 3.86. The summed E-state index contributed by atoms with van der Waals surface area (Å²) >= 11 is 0. The van der Waals surface area contributed by atoms with Crippen molar-refractivity contribution < 1.29 is 14.7 Å². The van der Waals surface area contributed by atoms with Crippen molar-refractivity contribution in [3.05, 3.63) is 0 Å². The average Bonchev–Trinajstić information content (AvgIpc) is 2.14. The zero-order chi connectivity index (χ0) is 11.9. The minimum absolute atomic E-state index is 0.150. The first-order valence-corrected chi connectivity index (χ1v) is 5.11. The maximum atomic E-state index is 11.2. The molecule has 0 aromatic rings. The molecule has 1 unspecified atom stereocenters. The zero-order valence-corrected chi connectivity index (χ0v) is 9.59. The summed E-state index contributed by atoms with van der Waals surface area (Å²) in [6.07, 6.45) is 0.818. The number of carbonyl (C=O) groups excluding carboxylic acids is 2. The first-order chi connectivity index (χ1) is 6.87. The van der Waals surface area contributed by atoms with Crippen LogP contribution in [0, 0.1) is 0 Å². The minimum atomic E-state index is -0.857. The largest absolute Gasteiger partial charge is 0.388 e. The fraction of sp³-hybridized carbons (Fsp3) is 0.800. The molecule has 0 aliphatic rings. The lowest BCUT2D eigenvalue weighted by atomic mass is 10.0. The molecule has 2 amide bonds. The summed E-state index contributed by atoms with van der Waals surface area (Å²) in [5.41, 5.74) is -0.857. The normalized spacial score (nSPS) is 14.1. The van der Waals surface area contributed by atoms with Crippen molar-refractivity contribution in [1.82, 2.24) is 10.6 Å². The van der Waals surface area contributed by atoms with Crippen molar-refractivity contribution in [3.8, 4) is 0 Å². The van der Waals surface area contributed by atoms with Crippen LogP contribution in [0.25, 0.3) is 0 Å². The summed E-state index contributed by atoms with van der Waals surface area (Å²) < 4.78 is 0. The molecule has 0 rings (SSSR count). The summed E-state index contributed by atoms with van der Waals surface area (Å²) in [6.45, 7) is 5.49. The van der Waals surface area contributed by atoms with E-state index in [2.05, 4.69) is 10.6 Å². The Morgan fingerprint density at radius 1 is 1.33 bits per heavy atom. The molecule has 1 atom stereocenters. The van der Waals surface area contributed by atoms with Crippen LogP contribution in [0.4, 0.5) is 0 Å². The summed E-state index contributed by atoms with van der Waals surface area (Å²) in [5, 5.41) is 14.7. The van der Waals surface area contributed by atoms with E-state index in [0.29, 0.717) is 13.0 Å². The fourth-order valence-corrected chi connectivity index (χ4v) is 0.854. The van der Waals surface area contributed by atoms with Gasteiger partial charge >= 0.3 is 0 Å². The van der Waals surface area contributed by atoms with E-state index in [4.69, 9.17) is 0 Å². The minimum Gasteiger partial charge on any atom is -0.388 e. The van der Waals surface area contributed by atoms with Gasteiger partial charge in [0.05, 0.1) is 5.60 Å². The smallest absolute Gasteiger partial charge is 0.221 e. The Balaban J connectivity index is 3.62. The van der Waals surface area contributed by atoms with Gasteiger partial charge in [0.2, 0.25) is 11.8 Å². The Morgan fingerprint density at radius 3 is 2.40 bits per heavy atom. The second-order valence-corrected chi connectivity index (χ2v) is 3.86. The van der Waals surface area contributed by atoms with Crippen LogP contribution < -0.4 is 10.6 Å². The molecule has 0 heterocycles. The summed E-state index contributed by atoms with van der Waals surface area (Å²) in [6, 6.07) is 0. The first-order valence-electron chi connectivity index (χ1n) is 5.11. The highest BCUT2D eigenvalue weighted by Crippen LogP contribution is 2.05. The third-order valence-corrected chi connectivity index (χ3v) is 2.15. The first kappa shape index (κ1) is 13.9. The van der Waals surface area contributed by atoms with E-state index < -0.39 is 5.60 Å². The van der Waals surface area contributed by atoms with Gasteiger partial charge in [-0.05, 0) is 13.3 Å². The maximum absolute atomic E-state index is 11.2. The number of carbonyl (C=O) groups is 2. The van der Waals surface area contributed by atoms with Crippen LogP contribution in [-0.2, 0) is 9.59 Å². The van der Waals surface area contributed by atoms with Crippen LogP contribution in [0.15, 0.2) is 0 Å². The predicted molar refractivity (Wildman–Crippen MR) is 57.2 cm³/mol. The standard InChI is InChI=1S/C10H20N2O3/c1-4-10(3,15)7-12-9(14)5-6-11-8(2)13/h15H,4-7H2,1-3H3,(H,11,13)(H,12,14). The Kier molecular flexibility index (Phi) is 5.93. The number of aliphatic hydroxyl groups is 1. The molecule has 15 heavy (non-hydrogen) atoms. The van der Waals surface area contributed by atoms with Gasteiger partial charge in [0.15, 0.2) is 0 Å². The molecule has 0 aromatic carbocycles.